The van der Waals surface area contributed by atoms with E-state index in [1.54, 1.807) is 0 Å². The molecule has 1 aromatic heterocycles. The van der Waals surface area contributed by atoms with Gasteiger partial charge in [0.2, 0.25) is 0 Å². The molecule has 0 bridgehead atoms. The standard InChI is InChI=1S/C22H38N6.HI/c1-4-22(9-6-7-10-22)18-26-21(23-3)25-17-19-8-11-24-20(16-19)28-14-12-27(5-2)13-15-28;/h8,11,16H,4-7,9-10,12-15,17-18H2,1-3H3,(H2,23,25,26);1H. The summed E-state index contributed by atoms with van der Waals surface area (Å²) in [6.07, 6.45) is 8.59. The fourth-order valence-corrected chi connectivity index (χ4v) is 4.49. The first kappa shape index (κ1) is 24.2. The van der Waals surface area contributed by atoms with E-state index in [-0.39, 0.29) is 24.0 Å². The van der Waals surface area contributed by atoms with Crippen LogP contribution in [-0.4, -0.2) is 62.2 Å². The normalized spacial score (nSPS) is 19.7. The summed E-state index contributed by atoms with van der Waals surface area (Å²) in [6, 6.07) is 4.31. The number of nitrogens with zero attached hydrogens (tertiary/aromatic N) is 4. The van der Waals surface area contributed by atoms with Gasteiger partial charge in [0.05, 0.1) is 0 Å². The van der Waals surface area contributed by atoms with Crippen LogP contribution in [0.2, 0.25) is 0 Å². The maximum absolute atomic E-state index is 4.60. The second kappa shape index (κ2) is 11.9. The van der Waals surface area contributed by atoms with Gasteiger partial charge in [-0.3, -0.25) is 4.99 Å². The predicted molar refractivity (Wildman–Crippen MR) is 133 cm³/mol. The summed E-state index contributed by atoms with van der Waals surface area (Å²) in [5.74, 6) is 1.99. The lowest BCUT2D eigenvalue weighted by Gasteiger charge is -2.34. The molecular formula is C22H39IN6. The molecule has 2 heterocycles. The van der Waals surface area contributed by atoms with E-state index >= 15 is 0 Å². The van der Waals surface area contributed by atoms with Gasteiger partial charge in [-0.05, 0) is 48.9 Å². The smallest absolute Gasteiger partial charge is 0.191 e. The van der Waals surface area contributed by atoms with Crippen LogP contribution in [0.5, 0.6) is 0 Å². The van der Waals surface area contributed by atoms with Gasteiger partial charge < -0.3 is 20.4 Å². The van der Waals surface area contributed by atoms with Crippen molar-refractivity contribution in [1.29, 1.82) is 0 Å². The Morgan fingerprint density at radius 1 is 1.14 bits per heavy atom. The molecule has 0 spiro atoms. The van der Waals surface area contributed by atoms with Crippen molar-refractivity contribution in [3.05, 3.63) is 23.9 Å². The molecule has 0 amide bonds. The SMILES string of the molecule is CCN1CCN(c2cc(CNC(=NC)NCC3(CC)CCCC3)ccn2)CC1.I. The minimum Gasteiger partial charge on any atom is -0.356 e. The Balaban J connectivity index is 0.00000300. The summed E-state index contributed by atoms with van der Waals surface area (Å²) in [6.45, 7) is 11.8. The minimum atomic E-state index is 0. The van der Waals surface area contributed by atoms with Gasteiger partial charge in [0, 0.05) is 52.5 Å². The molecule has 164 valence electrons. The number of pyridine rings is 1. The van der Waals surface area contributed by atoms with E-state index in [1.807, 2.05) is 13.2 Å². The van der Waals surface area contributed by atoms with Gasteiger partial charge in [0.1, 0.15) is 5.82 Å². The number of hydrogen-bond acceptors (Lipinski definition) is 4. The van der Waals surface area contributed by atoms with Gasteiger partial charge in [-0.1, -0.05) is 26.7 Å². The predicted octanol–water partition coefficient (Wildman–Crippen LogP) is 3.48. The molecule has 0 atom stereocenters. The van der Waals surface area contributed by atoms with Crippen molar-refractivity contribution >= 4 is 35.8 Å². The number of aliphatic imine (C=N–C) groups is 1. The molecule has 7 heteroatoms. The molecular weight excluding hydrogens is 475 g/mol. The Morgan fingerprint density at radius 3 is 2.48 bits per heavy atom. The fourth-order valence-electron chi connectivity index (χ4n) is 4.49. The summed E-state index contributed by atoms with van der Waals surface area (Å²) >= 11 is 0. The highest BCUT2D eigenvalue weighted by Gasteiger charge is 2.31. The molecule has 1 aliphatic carbocycles. The summed E-state index contributed by atoms with van der Waals surface area (Å²) in [5, 5.41) is 7.05. The number of guanidine groups is 1. The van der Waals surface area contributed by atoms with Crippen LogP contribution in [0.1, 0.15) is 51.5 Å². The van der Waals surface area contributed by atoms with Gasteiger partial charge >= 0.3 is 0 Å². The molecule has 1 saturated heterocycles. The molecule has 29 heavy (non-hydrogen) atoms. The van der Waals surface area contributed by atoms with Crippen LogP contribution in [0.25, 0.3) is 0 Å². The number of nitrogens with one attached hydrogen (secondary N) is 2. The van der Waals surface area contributed by atoms with Gasteiger partial charge in [0.15, 0.2) is 5.96 Å². The molecule has 1 aliphatic heterocycles. The third-order valence-electron chi connectivity index (χ3n) is 6.68. The zero-order valence-corrected chi connectivity index (χ0v) is 20.7. The first-order valence-electron chi connectivity index (χ1n) is 11.0. The number of piperazine rings is 1. The van der Waals surface area contributed by atoms with Crippen LogP contribution in [-0.2, 0) is 6.54 Å². The summed E-state index contributed by atoms with van der Waals surface area (Å²) in [7, 11) is 1.85. The molecule has 3 rings (SSSR count). The maximum Gasteiger partial charge on any atom is 0.191 e. The summed E-state index contributed by atoms with van der Waals surface area (Å²) in [4.78, 5) is 13.9. The molecule has 1 saturated carbocycles. The van der Waals surface area contributed by atoms with Crippen molar-refractivity contribution < 1.29 is 0 Å². The van der Waals surface area contributed by atoms with Gasteiger partial charge in [-0.25, -0.2) is 4.98 Å². The van der Waals surface area contributed by atoms with Crippen LogP contribution in [0.4, 0.5) is 5.82 Å². The highest BCUT2D eigenvalue weighted by molar-refractivity contribution is 14.0. The van der Waals surface area contributed by atoms with Gasteiger partial charge in [-0.2, -0.15) is 0 Å². The second-order valence-electron chi connectivity index (χ2n) is 8.28. The molecule has 1 aromatic rings. The maximum atomic E-state index is 4.60. The largest absolute Gasteiger partial charge is 0.356 e. The molecule has 6 nitrogen and oxygen atoms in total. The van der Waals surface area contributed by atoms with E-state index in [4.69, 9.17) is 0 Å². The van der Waals surface area contributed by atoms with E-state index in [9.17, 15) is 0 Å². The monoisotopic (exact) mass is 514 g/mol. The lowest BCUT2D eigenvalue weighted by molar-refractivity contribution is 0.270. The van der Waals surface area contributed by atoms with Crippen molar-refractivity contribution in [3.63, 3.8) is 0 Å². The summed E-state index contributed by atoms with van der Waals surface area (Å²) < 4.78 is 0. The zero-order valence-electron chi connectivity index (χ0n) is 18.4. The molecule has 0 radical (unpaired) electrons. The van der Waals surface area contributed by atoms with E-state index in [1.165, 1.54) is 37.7 Å². The van der Waals surface area contributed by atoms with Crippen LogP contribution < -0.4 is 15.5 Å². The number of aromatic nitrogens is 1. The number of likely N-dealkylation sites (N-methyl/N-ethyl adjacent to an activating group) is 1. The highest BCUT2D eigenvalue weighted by Crippen LogP contribution is 2.40. The van der Waals surface area contributed by atoms with E-state index in [0.717, 1.165) is 57.6 Å². The quantitative estimate of drug-likeness (QED) is 0.332. The number of hydrogen-bond donors (Lipinski definition) is 2. The third-order valence-corrected chi connectivity index (χ3v) is 6.68. The van der Waals surface area contributed by atoms with Crippen LogP contribution in [0, 0.1) is 5.41 Å². The second-order valence-corrected chi connectivity index (χ2v) is 8.28. The minimum absolute atomic E-state index is 0. The van der Waals surface area contributed by atoms with Gasteiger partial charge in [0.25, 0.3) is 0 Å². The molecule has 0 aromatic carbocycles. The van der Waals surface area contributed by atoms with Crippen molar-refractivity contribution in [3.8, 4) is 0 Å². The molecule has 2 aliphatic rings. The number of anilines is 1. The average Bonchev–Trinajstić information content (AvgIpc) is 3.23. The lowest BCUT2D eigenvalue weighted by atomic mass is 9.83. The topological polar surface area (TPSA) is 55.8 Å². The van der Waals surface area contributed by atoms with Crippen molar-refractivity contribution in [2.45, 2.75) is 52.5 Å². The Kier molecular flexibility index (Phi) is 9.95. The average molecular weight is 515 g/mol. The lowest BCUT2D eigenvalue weighted by Crippen LogP contribution is -2.46. The number of halogens is 1. The third kappa shape index (κ3) is 6.70. The molecule has 2 fully saturated rings. The summed E-state index contributed by atoms with van der Waals surface area (Å²) in [5.41, 5.74) is 1.71. The molecule has 2 N–H and O–H groups in total. The first-order valence-corrected chi connectivity index (χ1v) is 11.0. The Labute approximate surface area is 194 Å². The van der Waals surface area contributed by atoms with Gasteiger partial charge in [-0.15, -0.1) is 24.0 Å². The van der Waals surface area contributed by atoms with Crippen molar-refractivity contribution in [1.82, 2.24) is 20.5 Å². The fraction of sp³-hybridized carbons (Fsp3) is 0.727. The Hall–Kier alpha value is -1.09. The zero-order chi connectivity index (χ0) is 19.8. The van der Waals surface area contributed by atoms with E-state index in [2.05, 4.69) is 56.4 Å². The van der Waals surface area contributed by atoms with E-state index < -0.39 is 0 Å². The first-order chi connectivity index (χ1) is 13.7. The van der Waals surface area contributed by atoms with Crippen LogP contribution in [0.15, 0.2) is 23.3 Å². The Morgan fingerprint density at radius 2 is 1.86 bits per heavy atom. The van der Waals surface area contributed by atoms with Crippen LogP contribution >= 0.6 is 24.0 Å². The van der Waals surface area contributed by atoms with Crippen molar-refractivity contribution in [2.24, 2.45) is 10.4 Å². The number of rotatable bonds is 7. The van der Waals surface area contributed by atoms with Crippen LogP contribution in [0.3, 0.4) is 0 Å². The Bertz CT molecular complexity index is 636. The van der Waals surface area contributed by atoms with E-state index in [0.29, 0.717) is 5.41 Å². The highest BCUT2D eigenvalue weighted by atomic mass is 127. The van der Waals surface area contributed by atoms with Crippen molar-refractivity contribution in [2.75, 3.05) is 51.2 Å². The molecule has 0 unspecified atom stereocenters.